The van der Waals surface area contributed by atoms with Gasteiger partial charge < -0.3 is 10.4 Å². The van der Waals surface area contributed by atoms with E-state index in [-0.39, 0.29) is 0 Å². The lowest BCUT2D eigenvalue weighted by Gasteiger charge is -1.97. The van der Waals surface area contributed by atoms with E-state index in [9.17, 15) is 4.79 Å². The molecule has 0 bridgehead atoms. The van der Waals surface area contributed by atoms with Gasteiger partial charge in [0.15, 0.2) is 0 Å². The first kappa shape index (κ1) is 14.5. The van der Waals surface area contributed by atoms with Gasteiger partial charge in [0.25, 0.3) is 0 Å². The molecule has 0 spiro atoms. The molecule has 1 amide bonds. The molecule has 2 N–H and O–H groups in total. The van der Waals surface area contributed by atoms with E-state index in [0.29, 0.717) is 6.54 Å². The van der Waals surface area contributed by atoms with Gasteiger partial charge in [-0.15, -0.1) is 0 Å². The van der Waals surface area contributed by atoms with Crippen LogP contribution in [0.4, 0.5) is 4.79 Å². The molecule has 0 aliphatic rings. The van der Waals surface area contributed by atoms with Gasteiger partial charge in [0.1, 0.15) is 0 Å². The van der Waals surface area contributed by atoms with Gasteiger partial charge in [0, 0.05) is 6.54 Å². The van der Waals surface area contributed by atoms with Crippen LogP contribution in [0.3, 0.4) is 0 Å². The molecule has 1 aromatic carbocycles. The van der Waals surface area contributed by atoms with Crippen LogP contribution in [0, 0.1) is 6.92 Å². The molecule has 16 heavy (non-hydrogen) atoms. The first-order valence-corrected chi connectivity index (χ1v) is 5.62. The summed E-state index contributed by atoms with van der Waals surface area (Å²) in [7, 11) is 0. The fourth-order valence-electron chi connectivity index (χ4n) is 1.19. The van der Waals surface area contributed by atoms with Crippen molar-refractivity contribution in [2.24, 2.45) is 0 Å². The highest BCUT2D eigenvalue weighted by atomic mass is 16.4. The third-order valence-corrected chi connectivity index (χ3v) is 1.99. The van der Waals surface area contributed by atoms with Crippen molar-refractivity contribution in [3.05, 3.63) is 35.4 Å². The van der Waals surface area contributed by atoms with Crippen LogP contribution < -0.4 is 5.32 Å². The Labute approximate surface area is 97.5 Å². The first-order chi connectivity index (χ1) is 7.60. The smallest absolute Gasteiger partial charge is 0.404 e. The molecular formula is C13H21NO2. The number of hydrogen-bond acceptors (Lipinski definition) is 1. The highest BCUT2D eigenvalue weighted by Crippen LogP contribution is 2.04. The van der Waals surface area contributed by atoms with Gasteiger partial charge in [-0.05, 0) is 25.8 Å². The molecule has 0 saturated carbocycles. The molecule has 3 heteroatoms. The maximum absolute atomic E-state index is 9.49. The normalized spacial score (nSPS) is 8.94. The van der Waals surface area contributed by atoms with E-state index in [0.717, 1.165) is 0 Å². The monoisotopic (exact) mass is 223 g/mol. The van der Waals surface area contributed by atoms with Gasteiger partial charge in [-0.2, -0.15) is 0 Å². The molecule has 0 unspecified atom stereocenters. The second-order valence-corrected chi connectivity index (χ2v) is 3.57. The molecule has 0 radical (unpaired) electrons. The van der Waals surface area contributed by atoms with Crippen LogP contribution in [0.1, 0.15) is 31.4 Å². The lowest BCUT2D eigenvalue weighted by Crippen LogP contribution is -2.19. The number of carboxylic acid groups (broad SMARTS) is 1. The molecule has 0 heterocycles. The number of nitrogens with one attached hydrogen (secondary N) is 1. The highest BCUT2D eigenvalue weighted by Gasteiger charge is 1.88. The van der Waals surface area contributed by atoms with Gasteiger partial charge in [-0.3, -0.25) is 0 Å². The second kappa shape index (κ2) is 8.77. The summed E-state index contributed by atoms with van der Waals surface area (Å²) in [5, 5.41) is 9.93. The van der Waals surface area contributed by atoms with Crippen LogP contribution in [-0.2, 0) is 6.42 Å². The summed E-state index contributed by atoms with van der Waals surface area (Å²) in [5.74, 6) is 0. The van der Waals surface area contributed by atoms with Crippen molar-refractivity contribution in [1.29, 1.82) is 0 Å². The molecule has 0 aliphatic carbocycles. The van der Waals surface area contributed by atoms with Crippen LogP contribution >= 0.6 is 0 Å². The topological polar surface area (TPSA) is 49.3 Å². The average Bonchev–Trinajstić information content (AvgIpc) is 2.22. The molecule has 1 aromatic rings. The van der Waals surface area contributed by atoms with E-state index < -0.39 is 6.09 Å². The Bertz CT molecular complexity index is 293. The molecule has 1 rings (SSSR count). The van der Waals surface area contributed by atoms with Crippen LogP contribution in [0.2, 0.25) is 0 Å². The predicted octanol–water partition coefficient (Wildman–Crippen LogP) is 3.22. The van der Waals surface area contributed by atoms with Crippen molar-refractivity contribution in [1.82, 2.24) is 5.32 Å². The third kappa shape index (κ3) is 7.85. The number of carbonyl (C=O) groups is 1. The van der Waals surface area contributed by atoms with Gasteiger partial charge >= 0.3 is 6.09 Å². The fourth-order valence-corrected chi connectivity index (χ4v) is 1.19. The third-order valence-electron chi connectivity index (χ3n) is 1.99. The van der Waals surface area contributed by atoms with E-state index >= 15 is 0 Å². The van der Waals surface area contributed by atoms with Crippen molar-refractivity contribution in [2.45, 2.75) is 33.6 Å². The molecule has 0 aromatic heterocycles. The average molecular weight is 223 g/mol. The molecule has 0 aliphatic heterocycles. The van der Waals surface area contributed by atoms with Crippen molar-refractivity contribution >= 4 is 6.09 Å². The number of benzene rings is 1. The summed E-state index contributed by atoms with van der Waals surface area (Å²) < 4.78 is 0. The molecule has 0 atom stereocenters. The van der Waals surface area contributed by atoms with Crippen molar-refractivity contribution < 1.29 is 9.90 Å². The Hall–Kier alpha value is -1.51. The Balaban J connectivity index is 0.000000325. The van der Waals surface area contributed by atoms with Crippen LogP contribution in [0.15, 0.2) is 24.3 Å². The zero-order valence-electron chi connectivity index (χ0n) is 10.3. The van der Waals surface area contributed by atoms with Crippen molar-refractivity contribution in [3.63, 3.8) is 0 Å². The Morgan fingerprint density at radius 2 is 1.81 bits per heavy atom. The standard InChI is InChI=1S/C10H14.C3H7NO2/c1-3-4-10-7-5-9(2)6-8-10;1-2-4-3(5)6/h5-8H,3-4H2,1-2H3;4H,2H2,1H3,(H,5,6). The minimum Gasteiger partial charge on any atom is -0.465 e. The number of amides is 1. The summed E-state index contributed by atoms with van der Waals surface area (Å²) in [4.78, 5) is 9.49. The minimum absolute atomic E-state index is 0.481. The zero-order valence-corrected chi connectivity index (χ0v) is 10.3. The number of hydrogen-bond donors (Lipinski definition) is 2. The number of rotatable bonds is 3. The summed E-state index contributed by atoms with van der Waals surface area (Å²) in [6, 6.07) is 8.76. The maximum Gasteiger partial charge on any atom is 0.404 e. The summed E-state index contributed by atoms with van der Waals surface area (Å²) in [6.45, 7) is 6.54. The number of aryl methyl sites for hydroxylation is 2. The first-order valence-electron chi connectivity index (χ1n) is 5.62. The molecule has 0 saturated heterocycles. The van der Waals surface area contributed by atoms with Gasteiger partial charge in [0.05, 0.1) is 0 Å². The van der Waals surface area contributed by atoms with E-state index in [1.54, 1.807) is 6.92 Å². The summed E-state index contributed by atoms with van der Waals surface area (Å²) >= 11 is 0. The zero-order chi connectivity index (χ0) is 12.4. The largest absolute Gasteiger partial charge is 0.465 e. The van der Waals surface area contributed by atoms with Gasteiger partial charge in [-0.1, -0.05) is 43.2 Å². The van der Waals surface area contributed by atoms with Crippen LogP contribution in [0.5, 0.6) is 0 Å². The molecule has 0 fully saturated rings. The Morgan fingerprint density at radius 3 is 2.12 bits per heavy atom. The molecule has 90 valence electrons. The maximum atomic E-state index is 9.49. The Kier molecular flexibility index (Phi) is 7.94. The minimum atomic E-state index is -0.961. The fraction of sp³-hybridized carbons (Fsp3) is 0.462. The van der Waals surface area contributed by atoms with Crippen LogP contribution in [0.25, 0.3) is 0 Å². The van der Waals surface area contributed by atoms with Crippen molar-refractivity contribution in [2.75, 3.05) is 6.54 Å². The summed E-state index contributed by atoms with van der Waals surface area (Å²) in [5.41, 5.74) is 2.80. The highest BCUT2D eigenvalue weighted by molar-refractivity contribution is 5.64. The Morgan fingerprint density at radius 1 is 1.25 bits per heavy atom. The van der Waals surface area contributed by atoms with E-state index in [2.05, 4.69) is 43.4 Å². The molecular weight excluding hydrogens is 202 g/mol. The lowest BCUT2D eigenvalue weighted by molar-refractivity contribution is 0.195. The van der Waals surface area contributed by atoms with E-state index in [4.69, 9.17) is 5.11 Å². The van der Waals surface area contributed by atoms with E-state index in [1.165, 1.54) is 24.0 Å². The quantitative estimate of drug-likeness (QED) is 0.826. The predicted molar refractivity (Wildman–Crippen MR) is 66.9 cm³/mol. The second-order valence-electron chi connectivity index (χ2n) is 3.57. The molecule has 3 nitrogen and oxygen atoms in total. The summed E-state index contributed by atoms with van der Waals surface area (Å²) in [6.07, 6.45) is 1.49. The van der Waals surface area contributed by atoms with Gasteiger partial charge in [0.2, 0.25) is 0 Å². The lowest BCUT2D eigenvalue weighted by atomic mass is 10.1. The van der Waals surface area contributed by atoms with Gasteiger partial charge in [-0.25, -0.2) is 4.79 Å². The van der Waals surface area contributed by atoms with Crippen LogP contribution in [-0.4, -0.2) is 17.7 Å². The van der Waals surface area contributed by atoms with Crippen molar-refractivity contribution in [3.8, 4) is 0 Å². The SMILES string of the molecule is CCCc1ccc(C)cc1.CCNC(=O)O. The van der Waals surface area contributed by atoms with E-state index in [1.807, 2.05) is 0 Å².